The molecule has 2 aromatic rings. The number of carbonyl (C=O) groups excluding carboxylic acids is 1. The molecule has 128 valence electrons. The maximum Gasteiger partial charge on any atom is 0.259 e. The third-order valence-corrected chi connectivity index (χ3v) is 4.31. The predicted octanol–water partition coefficient (Wildman–Crippen LogP) is 2.49. The van der Waals surface area contributed by atoms with Crippen molar-refractivity contribution in [1.82, 2.24) is 15.1 Å². The van der Waals surface area contributed by atoms with Gasteiger partial charge in [-0.2, -0.15) is 4.98 Å². The summed E-state index contributed by atoms with van der Waals surface area (Å²) in [4.78, 5) is 22.4. The van der Waals surface area contributed by atoms with Crippen LogP contribution in [0.15, 0.2) is 22.9 Å². The Labute approximate surface area is 141 Å². The third-order valence-electron chi connectivity index (χ3n) is 4.31. The molecule has 1 fully saturated rings. The van der Waals surface area contributed by atoms with Crippen molar-refractivity contribution in [3.8, 4) is 11.5 Å². The molecule has 1 amide bonds. The van der Waals surface area contributed by atoms with Crippen molar-refractivity contribution in [2.45, 2.75) is 51.5 Å². The van der Waals surface area contributed by atoms with Crippen LogP contribution in [0.1, 0.15) is 51.3 Å². The number of hydrogen-bond donors (Lipinski definition) is 1. The third kappa shape index (κ3) is 3.55. The summed E-state index contributed by atoms with van der Waals surface area (Å²) in [6.45, 7) is 4.93. The first-order valence-electron chi connectivity index (χ1n) is 8.39. The van der Waals surface area contributed by atoms with Crippen LogP contribution in [-0.2, 0) is 4.79 Å². The number of nitrogens with zero attached hydrogens (tertiary/aromatic N) is 4. The first-order valence-corrected chi connectivity index (χ1v) is 8.39. The molecule has 1 aliphatic rings. The summed E-state index contributed by atoms with van der Waals surface area (Å²) in [5.74, 6) is 1.97. The van der Waals surface area contributed by atoms with Crippen LogP contribution in [-0.4, -0.2) is 33.6 Å². The minimum Gasteiger partial charge on any atom is -0.370 e. The van der Waals surface area contributed by atoms with Crippen LogP contribution in [0.4, 0.5) is 5.82 Å². The van der Waals surface area contributed by atoms with Gasteiger partial charge in [0, 0.05) is 31.1 Å². The highest BCUT2D eigenvalue weighted by Gasteiger charge is 2.25. The highest BCUT2D eigenvalue weighted by Crippen LogP contribution is 2.27. The molecule has 7 nitrogen and oxygen atoms in total. The number of nitrogens with two attached hydrogens (primary N) is 1. The predicted molar refractivity (Wildman–Crippen MR) is 90.4 cm³/mol. The Hall–Kier alpha value is -2.44. The van der Waals surface area contributed by atoms with Gasteiger partial charge in [0.2, 0.25) is 5.91 Å². The quantitative estimate of drug-likeness (QED) is 0.905. The standard InChI is InChI=1S/C17H23N5O2/c1-11(2)16-20-17(24-21-16)12-6-7-15(19-10-12)22-8-4-3-5-13(22)9-14(18)23/h6-7,10-11,13H,3-5,8-9H2,1-2H3,(H2,18,23). The molecule has 3 rings (SSSR count). The molecule has 3 heterocycles. The van der Waals surface area contributed by atoms with E-state index in [9.17, 15) is 4.79 Å². The first kappa shape index (κ1) is 16.4. The van der Waals surface area contributed by atoms with Crippen molar-refractivity contribution in [2.24, 2.45) is 5.73 Å². The minimum atomic E-state index is -0.268. The lowest BCUT2D eigenvalue weighted by Gasteiger charge is -2.36. The van der Waals surface area contributed by atoms with E-state index in [4.69, 9.17) is 10.3 Å². The van der Waals surface area contributed by atoms with Crippen LogP contribution in [0.25, 0.3) is 11.5 Å². The molecule has 0 radical (unpaired) electrons. The minimum absolute atomic E-state index is 0.130. The Morgan fingerprint density at radius 3 is 2.88 bits per heavy atom. The van der Waals surface area contributed by atoms with Crippen LogP contribution >= 0.6 is 0 Å². The molecule has 7 heteroatoms. The number of amides is 1. The number of carbonyl (C=O) groups is 1. The van der Waals surface area contributed by atoms with Gasteiger partial charge in [-0.1, -0.05) is 19.0 Å². The van der Waals surface area contributed by atoms with E-state index in [1.54, 1.807) is 6.20 Å². The van der Waals surface area contributed by atoms with Crippen LogP contribution in [0.3, 0.4) is 0 Å². The van der Waals surface area contributed by atoms with E-state index in [0.717, 1.165) is 37.2 Å². The molecule has 0 bridgehead atoms. The average Bonchev–Trinajstić information content (AvgIpc) is 3.05. The second-order valence-electron chi connectivity index (χ2n) is 6.53. The fourth-order valence-corrected chi connectivity index (χ4v) is 3.02. The van der Waals surface area contributed by atoms with Gasteiger partial charge < -0.3 is 15.2 Å². The average molecular weight is 329 g/mol. The molecule has 1 saturated heterocycles. The molecule has 1 aliphatic heterocycles. The van der Waals surface area contributed by atoms with Crippen LogP contribution in [0.2, 0.25) is 0 Å². The zero-order valence-corrected chi connectivity index (χ0v) is 14.1. The van der Waals surface area contributed by atoms with E-state index in [1.807, 2.05) is 26.0 Å². The van der Waals surface area contributed by atoms with Crippen molar-refractivity contribution >= 4 is 11.7 Å². The number of hydrogen-bond acceptors (Lipinski definition) is 6. The smallest absolute Gasteiger partial charge is 0.259 e. The Balaban J connectivity index is 1.78. The Morgan fingerprint density at radius 2 is 2.25 bits per heavy atom. The highest BCUT2D eigenvalue weighted by atomic mass is 16.5. The lowest BCUT2D eigenvalue weighted by atomic mass is 9.99. The largest absolute Gasteiger partial charge is 0.370 e. The van der Waals surface area contributed by atoms with Crippen LogP contribution in [0, 0.1) is 0 Å². The fourth-order valence-electron chi connectivity index (χ4n) is 3.02. The normalized spacial score (nSPS) is 18.1. The molecule has 0 aliphatic carbocycles. The molecule has 0 spiro atoms. The molecule has 2 N–H and O–H groups in total. The maximum atomic E-state index is 11.3. The van der Waals surface area contributed by atoms with Crippen LogP contribution in [0.5, 0.6) is 0 Å². The van der Waals surface area contributed by atoms with Gasteiger partial charge in [-0.15, -0.1) is 0 Å². The second-order valence-corrected chi connectivity index (χ2v) is 6.53. The van der Waals surface area contributed by atoms with Crippen LogP contribution < -0.4 is 10.6 Å². The van der Waals surface area contributed by atoms with Gasteiger partial charge >= 0.3 is 0 Å². The maximum absolute atomic E-state index is 11.3. The lowest BCUT2D eigenvalue weighted by molar-refractivity contribution is -0.118. The number of aromatic nitrogens is 3. The Kier molecular flexibility index (Phi) is 4.78. The molecule has 0 saturated carbocycles. The van der Waals surface area contributed by atoms with Crippen molar-refractivity contribution in [3.05, 3.63) is 24.2 Å². The number of anilines is 1. The Bertz CT molecular complexity index is 695. The summed E-state index contributed by atoms with van der Waals surface area (Å²) < 4.78 is 5.30. The van der Waals surface area contributed by atoms with Gasteiger partial charge in [-0.05, 0) is 31.4 Å². The summed E-state index contributed by atoms with van der Waals surface area (Å²) in [6.07, 6.45) is 5.29. The van der Waals surface area contributed by atoms with E-state index in [1.165, 1.54) is 0 Å². The summed E-state index contributed by atoms with van der Waals surface area (Å²) in [5.41, 5.74) is 6.17. The fraction of sp³-hybridized carbons (Fsp3) is 0.529. The first-order chi connectivity index (χ1) is 11.5. The summed E-state index contributed by atoms with van der Waals surface area (Å²) in [5, 5.41) is 3.97. The summed E-state index contributed by atoms with van der Waals surface area (Å²) in [6, 6.07) is 3.99. The number of primary amides is 1. The van der Waals surface area contributed by atoms with E-state index < -0.39 is 0 Å². The number of piperidine rings is 1. The zero-order chi connectivity index (χ0) is 17.1. The second kappa shape index (κ2) is 6.98. The topological polar surface area (TPSA) is 98.1 Å². The number of rotatable bonds is 5. The highest BCUT2D eigenvalue weighted by molar-refractivity contribution is 5.75. The van der Waals surface area contributed by atoms with Gasteiger partial charge in [0.1, 0.15) is 5.82 Å². The molecule has 1 unspecified atom stereocenters. The van der Waals surface area contributed by atoms with Crippen molar-refractivity contribution < 1.29 is 9.32 Å². The molecular formula is C17H23N5O2. The molecule has 0 aromatic carbocycles. The van der Waals surface area contributed by atoms with Crippen molar-refractivity contribution in [3.63, 3.8) is 0 Å². The van der Waals surface area contributed by atoms with Gasteiger partial charge in [0.25, 0.3) is 5.89 Å². The molecule has 2 aromatic heterocycles. The monoisotopic (exact) mass is 329 g/mol. The zero-order valence-electron chi connectivity index (χ0n) is 14.1. The van der Waals surface area contributed by atoms with E-state index in [-0.39, 0.29) is 17.9 Å². The van der Waals surface area contributed by atoms with E-state index in [2.05, 4.69) is 20.0 Å². The van der Waals surface area contributed by atoms with Gasteiger partial charge in [0.05, 0.1) is 5.56 Å². The Morgan fingerprint density at radius 1 is 1.42 bits per heavy atom. The lowest BCUT2D eigenvalue weighted by Crippen LogP contribution is -2.42. The van der Waals surface area contributed by atoms with Gasteiger partial charge in [0.15, 0.2) is 5.82 Å². The van der Waals surface area contributed by atoms with Crippen molar-refractivity contribution in [1.29, 1.82) is 0 Å². The van der Waals surface area contributed by atoms with E-state index >= 15 is 0 Å². The molecule has 24 heavy (non-hydrogen) atoms. The number of pyridine rings is 1. The SMILES string of the molecule is CC(C)c1noc(-c2ccc(N3CCCCC3CC(N)=O)nc2)n1. The molecular weight excluding hydrogens is 306 g/mol. The van der Waals surface area contributed by atoms with E-state index in [0.29, 0.717) is 18.1 Å². The van der Waals surface area contributed by atoms with Crippen molar-refractivity contribution in [2.75, 3.05) is 11.4 Å². The summed E-state index contributed by atoms with van der Waals surface area (Å²) >= 11 is 0. The van der Waals surface area contributed by atoms with Gasteiger partial charge in [-0.25, -0.2) is 4.98 Å². The summed E-state index contributed by atoms with van der Waals surface area (Å²) in [7, 11) is 0. The molecule has 1 atom stereocenters. The van der Waals surface area contributed by atoms with Gasteiger partial charge in [-0.3, -0.25) is 4.79 Å².